The normalized spacial score (nSPS) is 14.5. The molecule has 1 fully saturated rings. The van der Waals surface area contributed by atoms with Gasteiger partial charge in [-0.3, -0.25) is 19.5 Å². The smallest absolute Gasteiger partial charge is 0.251 e. The molecule has 0 atom stereocenters. The standard InChI is InChI=1S/C25H30FN5O3/c1-3-18-14-21-22(29-25(18)33)12-17(15-28-21)16-30-7-9-31(10-8-30)23-5-4-19(13-20(23)26)24(32)27-6-11-34-2/h4-5,12-15H,3,6-11,16H2,1-2H3,(H,27,32)(H,29,33). The molecular formula is C25H30FN5O3. The second-order valence-corrected chi connectivity index (χ2v) is 8.43. The molecule has 4 rings (SSSR count). The van der Waals surface area contributed by atoms with Gasteiger partial charge in [0, 0.05) is 63.7 Å². The molecule has 0 saturated carbocycles. The molecule has 34 heavy (non-hydrogen) atoms. The Morgan fingerprint density at radius 2 is 2.00 bits per heavy atom. The first-order valence-electron chi connectivity index (χ1n) is 11.5. The first kappa shape index (κ1) is 23.8. The van der Waals surface area contributed by atoms with Gasteiger partial charge < -0.3 is 19.9 Å². The van der Waals surface area contributed by atoms with E-state index < -0.39 is 5.82 Å². The van der Waals surface area contributed by atoms with Crippen LogP contribution >= 0.6 is 0 Å². The topological polar surface area (TPSA) is 90.6 Å². The highest BCUT2D eigenvalue weighted by molar-refractivity contribution is 5.94. The third kappa shape index (κ3) is 5.43. The maximum Gasteiger partial charge on any atom is 0.251 e. The lowest BCUT2D eigenvalue weighted by molar-refractivity contribution is 0.0936. The van der Waals surface area contributed by atoms with Gasteiger partial charge in [-0.2, -0.15) is 0 Å². The number of aryl methyl sites for hydroxylation is 1. The average molecular weight is 468 g/mol. The first-order valence-corrected chi connectivity index (χ1v) is 11.5. The van der Waals surface area contributed by atoms with Gasteiger partial charge in [-0.1, -0.05) is 6.92 Å². The Bertz CT molecular complexity index is 1220. The van der Waals surface area contributed by atoms with Crippen LogP contribution in [0.5, 0.6) is 0 Å². The van der Waals surface area contributed by atoms with Crippen molar-refractivity contribution in [3.63, 3.8) is 0 Å². The first-order chi connectivity index (χ1) is 16.5. The molecule has 0 radical (unpaired) electrons. The van der Waals surface area contributed by atoms with Crippen LogP contribution in [0.1, 0.15) is 28.4 Å². The summed E-state index contributed by atoms with van der Waals surface area (Å²) in [6.45, 7) is 6.32. The molecule has 1 amide bonds. The average Bonchev–Trinajstić information content (AvgIpc) is 2.84. The van der Waals surface area contributed by atoms with Crippen LogP contribution in [0.25, 0.3) is 11.0 Å². The van der Waals surface area contributed by atoms with E-state index in [1.165, 1.54) is 6.07 Å². The van der Waals surface area contributed by atoms with Gasteiger partial charge in [0.1, 0.15) is 5.82 Å². The predicted molar refractivity (Wildman–Crippen MR) is 130 cm³/mol. The number of aromatic nitrogens is 2. The zero-order valence-corrected chi connectivity index (χ0v) is 19.6. The van der Waals surface area contributed by atoms with Gasteiger partial charge in [-0.05, 0) is 42.3 Å². The summed E-state index contributed by atoms with van der Waals surface area (Å²) in [7, 11) is 1.56. The lowest BCUT2D eigenvalue weighted by Gasteiger charge is -2.36. The van der Waals surface area contributed by atoms with Crippen molar-refractivity contribution < 1.29 is 13.9 Å². The minimum atomic E-state index is -0.401. The number of aromatic amines is 1. The Kier molecular flexibility index (Phi) is 7.54. The summed E-state index contributed by atoms with van der Waals surface area (Å²) in [6.07, 6.45) is 2.52. The molecule has 3 heterocycles. The van der Waals surface area contributed by atoms with Crippen LogP contribution in [0.2, 0.25) is 0 Å². The van der Waals surface area contributed by atoms with Gasteiger partial charge >= 0.3 is 0 Å². The number of pyridine rings is 2. The second kappa shape index (κ2) is 10.8. The summed E-state index contributed by atoms with van der Waals surface area (Å²) in [4.78, 5) is 36.0. The fourth-order valence-corrected chi connectivity index (χ4v) is 4.19. The molecule has 1 saturated heterocycles. The SMILES string of the molecule is CCc1cc2ncc(CN3CCN(c4ccc(C(=O)NCCOC)cc4F)CC3)cc2[nH]c1=O. The number of benzene rings is 1. The highest BCUT2D eigenvalue weighted by Gasteiger charge is 2.21. The fourth-order valence-electron chi connectivity index (χ4n) is 4.19. The Hall–Kier alpha value is -3.30. The number of carbonyl (C=O) groups is 1. The van der Waals surface area contributed by atoms with E-state index in [4.69, 9.17) is 4.74 Å². The van der Waals surface area contributed by atoms with Gasteiger partial charge in [0.05, 0.1) is 23.3 Å². The molecule has 2 aromatic heterocycles. The number of nitrogens with zero attached hydrogens (tertiary/aromatic N) is 3. The Morgan fingerprint density at radius 3 is 2.71 bits per heavy atom. The van der Waals surface area contributed by atoms with Crippen LogP contribution in [0, 0.1) is 5.82 Å². The van der Waals surface area contributed by atoms with Crippen molar-refractivity contribution in [2.75, 3.05) is 51.3 Å². The van der Waals surface area contributed by atoms with Gasteiger partial charge in [-0.25, -0.2) is 4.39 Å². The number of piperazine rings is 1. The second-order valence-electron chi connectivity index (χ2n) is 8.43. The molecule has 0 aliphatic carbocycles. The largest absolute Gasteiger partial charge is 0.383 e. The van der Waals surface area contributed by atoms with Gasteiger partial charge in [0.25, 0.3) is 11.5 Å². The minimum Gasteiger partial charge on any atom is -0.383 e. The molecule has 8 nitrogen and oxygen atoms in total. The summed E-state index contributed by atoms with van der Waals surface area (Å²) >= 11 is 0. The number of carbonyl (C=O) groups excluding carboxylic acids is 1. The number of halogens is 1. The van der Waals surface area contributed by atoms with Crippen molar-refractivity contribution in [1.82, 2.24) is 20.2 Å². The fraction of sp³-hybridized carbons (Fsp3) is 0.400. The number of amides is 1. The zero-order valence-electron chi connectivity index (χ0n) is 19.6. The molecule has 3 aromatic rings. The van der Waals surface area contributed by atoms with E-state index in [1.807, 2.05) is 30.2 Å². The molecule has 1 aliphatic heterocycles. The predicted octanol–water partition coefficient (Wildman–Crippen LogP) is 2.32. The van der Waals surface area contributed by atoms with E-state index in [2.05, 4.69) is 20.2 Å². The number of fused-ring (bicyclic) bond motifs is 1. The van der Waals surface area contributed by atoms with Crippen molar-refractivity contribution >= 4 is 22.6 Å². The number of anilines is 1. The van der Waals surface area contributed by atoms with Crippen molar-refractivity contribution in [2.45, 2.75) is 19.9 Å². The van der Waals surface area contributed by atoms with Gasteiger partial charge in [-0.15, -0.1) is 0 Å². The monoisotopic (exact) mass is 467 g/mol. The summed E-state index contributed by atoms with van der Waals surface area (Å²) in [6, 6.07) is 8.43. The van der Waals surface area contributed by atoms with Gasteiger partial charge in [0.2, 0.25) is 0 Å². The molecule has 1 aliphatic rings. The number of hydrogen-bond acceptors (Lipinski definition) is 6. The van der Waals surface area contributed by atoms with Crippen LogP contribution in [0.4, 0.5) is 10.1 Å². The number of methoxy groups -OCH3 is 1. The van der Waals surface area contributed by atoms with Crippen molar-refractivity contribution in [3.8, 4) is 0 Å². The molecule has 0 bridgehead atoms. The third-order valence-electron chi connectivity index (χ3n) is 6.13. The minimum absolute atomic E-state index is 0.0666. The van der Waals surface area contributed by atoms with Crippen LogP contribution in [-0.4, -0.2) is 67.2 Å². The van der Waals surface area contributed by atoms with Crippen molar-refractivity contribution in [2.24, 2.45) is 0 Å². The van der Waals surface area contributed by atoms with Crippen LogP contribution < -0.4 is 15.8 Å². The van der Waals surface area contributed by atoms with E-state index >= 15 is 0 Å². The number of rotatable bonds is 8. The number of H-pyrrole nitrogens is 1. The Morgan fingerprint density at radius 1 is 1.21 bits per heavy atom. The highest BCUT2D eigenvalue weighted by Crippen LogP contribution is 2.23. The Labute approximate surface area is 197 Å². The number of nitrogens with one attached hydrogen (secondary N) is 2. The van der Waals surface area contributed by atoms with E-state index in [0.29, 0.717) is 50.5 Å². The van der Waals surface area contributed by atoms with Crippen LogP contribution in [-0.2, 0) is 17.7 Å². The lowest BCUT2D eigenvalue weighted by Crippen LogP contribution is -2.46. The lowest BCUT2D eigenvalue weighted by atomic mass is 10.1. The summed E-state index contributed by atoms with van der Waals surface area (Å²) in [5.41, 5.74) is 4.02. The summed E-state index contributed by atoms with van der Waals surface area (Å²) < 4.78 is 19.7. The summed E-state index contributed by atoms with van der Waals surface area (Å²) in [5.74, 6) is -0.717. The molecule has 0 spiro atoms. The zero-order chi connectivity index (χ0) is 24.1. The van der Waals surface area contributed by atoms with Crippen molar-refractivity contribution in [3.05, 3.63) is 69.4 Å². The molecule has 9 heteroatoms. The van der Waals surface area contributed by atoms with Crippen LogP contribution in [0.15, 0.2) is 41.3 Å². The molecule has 0 unspecified atom stereocenters. The molecule has 180 valence electrons. The third-order valence-corrected chi connectivity index (χ3v) is 6.13. The van der Waals surface area contributed by atoms with E-state index in [-0.39, 0.29) is 11.5 Å². The molecule has 2 N–H and O–H groups in total. The van der Waals surface area contributed by atoms with Gasteiger partial charge in [0.15, 0.2) is 0 Å². The van der Waals surface area contributed by atoms with Crippen molar-refractivity contribution in [1.29, 1.82) is 0 Å². The quantitative estimate of drug-likeness (QED) is 0.494. The molecule has 1 aromatic carbocycles. The maximum atomic E-state index is 14.8. The number of hydrogen-bond donors (Lipinski definition) is 2. The Balaban J connectivity index is 1.36. The molecular weight excluding hydrogens is 437 g/mol. The maximum absolute atomic E-state index is 14.8. The van der Waals surface area contributed by atoms with E-state index in [9.17, 15) is 14.0 Å². The number of ether oxygens (including phenoxy) is 1. The van der Waals surface area contributed by atoms with E-state index in [0.717, 1.165) is 35.2 Å². The van der Waals surface area contributed by atoms with Crippen LogP contribution in [0.3, 0.4) is 0 Å². The summed E-state index contributed by atoms with van der Waals surface area (Å²) in [5, 5.41) is 2.70. The highest BCUT2D eigenvalue weighted by atomic mass is 19.1. The van der Waals surface area contributed by atoms with E-state index in [1.54, 1.807) is 19.2 Å².